The zero-order chi connectivity index (χ0) is 28.2. The van der Waals surface area contributed by atoms with E-state index in [1.165, 1.54) is 24.3 Å². The van der Waals surface area contributed by atoms with Gasteiger partial charge in [-0.05, 0) is 41.8 Å². The molecule has 0 aliphatic carbocycles. The van der Waals surface area contributed by atoms with Crippen LogP contribution >= 0.6 is 0 Å². The predicted octanol–water partition coefficient (Wildman–Crippen LogP) is 4.38. The molecule has 1 aromatic heterocycles. The first-order chi connectivity index (χ1) is 18.5. The average molecular weight is 543 g/mol. The number of halogens is 3. The summed E-state index contributed by atoms with van der Waals surface area (Å²) in [6, 6.07) is 14.4. The van der Waals surface area contributed by atoms with E-state index in [0.29, 0.717) is 37.1 Å². The summed E-state index contributed by atoms with van der Waals surface area (Å²) in [6.45, 7) is 2.75. The fourth-order valence-electron chi connectivity index (χ4n) is 4.34. The molecule has 0 unspecified atom stereocenters. The van der Waals surface area contributed by atoms with Crippen LogP contribution in [0.5, 0.6) is 11.6 Å². The van der Waals surface area contributed by atoms with E-state index < -0.39 is 12.3 Å². The highest BCUT2D eigenvalue weighted by atomic mass is 19.4. The van der Waals surface area contributed by atoms with Crippen LogP contribution in [0.4, 0.5) is 13.2 Å². The second kappa shape index (κ2) is 11.7. The van der Waals surface area contributed by atoms with Crippen molar-refractivity contribution in [3.05, 3.63) is 77.5 Å². The number of benzene rings is 2. The van der Waals surface area contributed by atoms with Gasteiger partial charge in [-0.3, -0.25) is 9.59 Å². The number of hydrogen-bond donors (Lipinski definition) is 2. The molecule has 1 atom stereocenters. The molecule has 39 heavy (non-hydrogen) atoms. The van der Waals surface area contributed by atoms with Crippen molar-refractivity contribution < 1.29 is 32.2 Å². The van der Waals surface area contributed by atoms with Gasteiger partial charge < -0.3 is 25.8 Å². The number of rotatable bonds is 8. The van der Waals surface area contributed by atoms with Gasteiger partial charge in [0.05, 0.1) is 6.42 Å². The monoisotopic (exact) mass is 542 g/mol. The van der Waals surface area contributed by atoms with Crippen LogP contribution in [0.1, 0.15) is 47.3 Å². The highest BCUT2D eigenvalue weighted by Gasteiger charge is 2.31. The molecule has 2 amide bonds. The third-order valence-corrected chi connectivity index (χ3v) is 6.47. The molecule has 1 aliphatic heterocycles. The minimum Gasteiger partial charge on any atom is -0.474 e. The predicted molar refractivity (Wildman–Crippen MR) is 138 cm³/mol. The summed E-state index contributed by atoms with van der Waals surface area (Å²) in [5.74, 6) is -1.00. The summed E-state index contributed by atoms with van der Waals surface area (Å²) in [5.41, 5.74) is 14.8. The van der Waals surface area contributed by atoms with Crippen LogP contribution in [-0.2, 0) is 11.2 Å². The van der Waals surface area contributed by atoms with Crippen molar-refractivity contribution >= 4 is 11.8 Å². The number of hydrogen-bond acceptors (Lipinski definition) is 6. The Kier molecular flexibility index (Phi) is 8.39. The number of primary amides is 1. The summed E-state index contributed by atoms with van der Waals surface area (Å²) < 4.78 is 46.8. The maximum atomic E-state index is 12.7. The number of likely N-dealkylation sites (tertiary alicyclic amines) is 1. The molecule has 0 radical (unpaired) electrons. The summed E-state index contributed by atoms with van der Waals surface area (Å²) in [4.78, 5) is 30.9. The number of carbonyl (C=O) groups excluding carboxylic acids is 2. The zero-order valence-corrected chi connectivity index (χ0v) is 21.3. The third-order valence-electron chi connectivity index (χ3n) is 6.47. The number of alkyl halides is 3. The van der Waals surface area contributed by atoms with Crippen molar-refractivity contribution in [2.24, 2.45) is 11.5 Å². The standard InChI is InChI=1S/C28H29F3N4O4/c1-17(32)19-4-6-20(7-5-19)21-15-24(26(33)37)27(34-16-21)38-22-10-12-35(13-11-22)25(36)14-18-2-8-23(9-3-18)39-28(29,30)31/h2-9,15-17,22H,10-14,32H2,1H3,(H2,33,37)/t17-/m1/s1. The largest absolute Gasteiger partial charge is 0.573 e. The number of amides is 2. The number of ether oxygens (including phenoxy) is 2. The number of piperidine rings is 1. The van der Waals surface area contributed by atoms with Gasteiger partial charge in [-0.25, -0.2) is 4.98 Å². The van der Waals surface area contributed by atoms with E-state index in [1.807, 2.05) is 31.2 Å². The minimum atomic E-state index is -4.77. The van der Waals surface area contributed by atoms with Gasteiger partial charge in [0.15, 0.2) is 0 Å². The molecule has 206 valence electrons. The molecule has 0 saturated carbocycles. The zero-order valence-electron chi connectivity index (χ0n) is 21.3. The van der Waals surface area contributed by atoms with Crippen LogP contribution in [-0.4, -0.2) is 47.3 Å². The fourth-order valence-corrected chi connectivity index (χ4v) is 4.34. The Labute approximate surface area is 223 Å². The van der Waals surface area contributed by atoms with Gasteiger partial charge in [-0.1, -0.05) is 36.4 Å². The van der Waals surface area contributed by atoms with E-state index in [9.17, 15) is 22.8 Å². The Bertz CT molecular complexity index is 1300. The quantitative estimate of drug-likeness (QED) is 0.436. The van der Waals surface area contributed by atoms with Gasteiger partial charge in [-0.2, -0.15) is 0 Å². The van der Waals surface area contributed by atoms with E-state index >= 15 is 0 Å². The van der Waals surface area contributed by atoms with Crippen molar-refractivity contribution in [1.29, 1.82) is 0 Å². The van der Waals surface area contributed by atoms with Crippen LogP contribution in [0.15, 0.2) is 60.8 Å². The van der Waals surface area contributed by atoms with Crippen molar-refractivity contribution in [2.75, 3.05) is 13.1 Å². The topological polar surface area (TPSA) is 121 Å². The molecule has 0 bridgehead atoms. The number of aromatic nitrogens is 1. The van der Waals surface area contributed by atoms with Crippen LogP contribution < -0.4 is 20.9 Å². The highest BCUT2D eigenvalue weighted by Crippen LogP contribution is 2.28. The van der Waals surface area contributed by atoms with E-state index in [-0.39, 0.29) is 41.7 Å². The second-order valence-corrected chi connectivity index (χ2v) is 9.42. The summed E-state index contributed by atoms with van der Waals surface area (Å²) >= 11 is 0. The fraction of sp³-hybridized carbons (Fsp3) is 0.321. The van der Waals surface area contributed by atoms with Crippen molar-refractivity contribution in [2.45, 2.75) is 44.7 Å². The first kappa shape index (κ1) is 27.9. The van der Waals surface area contributed by atoms with Crippen molar-refractivity contribution in [3.63, 3.8) is 0 Å². The Hall–Kier alpha value is -4.12. The van der Waals surface area contributed by atoms with Gasteiger partial charge in [0.25, 0.3) is 5.91 Å². The third kappa shape index (κ3) is 7.47. The number of nitrogens with two attached hydrogens (primary N) is 2. The molecule has 1 saturated heterocycles. The van der Waals surface area contributed by atoms with Gasteiger partial charge in [0.2, 0.25) is 11.8 Å². The van der Waals surface area contributed by atoms with E-state index in [1.54, 1.807) is 17.2 Å². The normalized spacial score (nSPS) is 15.1. The molecule has 4 N–H and O–H groups in total. The minimum absolute atomic E-state index is 0.0534. The lowest BCUT2D eigenvalue weighted by Gasteiger charge is -2.32. The number of pyridine rings is 1. The second-order valence-electron chi connectivity index (χ2n) is 9.42. The molecule has 2 heterocycles. The molecule has 0 spiro atoms. The molecule has 4 rings (SSSR count). The van der Waals surface area contributed by atoms with E-state index in [4.69, 9.17) is 16.2 Å². The lowest BCUT2D eigenvalue weighted by Crippen LogP contribution is -2.42. The molecular formula is C28H29F3N4O4. The lowest BCUT2D eigenvalue weighted by atomic mass is 10.0. The molecule has 11 heteroatoms. The van der Waals surface area contributed by atoms with Gasteiger partial charge in [0.1, 0.15) is 17.4 Å². The maximum absolute atomic E-state index is 12.7. The van der Waals surface area contributed by atoms with Gasteiger partial charge in [-0.15, -0.1) is 13.2 Å². The molecule has 8 nitrogen and oxygen atoms in total. The molecule has 1 fully saturated rings. The molecule has 2 aromatic carbocycles. The Morgan fingerprint density at radius 2 is 1.69 bits per heavy atom. The molecule has 3 aromatic rings. The Morgan fingerprint density at radius 1 is 1.05 bits per heavy atom. The summed E-state index contributed by atoms with van der Waals surface area (Å²) in [5, 5.41) is 0. The van der Waals surface area contributed by atoms with Crippen molar-refractivity contribution in [3.8, 4) is 22.8 Å². The number of carbonyl (C=O) groups is 2. The van der Waals surface area contributed by atoms with Crippen LogP contribution in [0, 0.1) is 0 Å². The smallest absolute Gasteiger partial charge is 0.474 e. The van der Waals surface area contributed by atoms with Gasteiger partial charge in [0, 0.05) is 43.7 Å². The summed E-state index contributed by atoms with van der Waals surface area (Å²) in [6.07, 6.45) is -2.33. The van der Waals surface area contributed by atoms with Crippen LogP contribution in [0.3, 0.4) is 0 Å². The summed E-state index contributed by atoms with van der Waals surface area (Å²) in [7, 11) is 0. The SMILES string of the molecule is C[C@@H](N)c1ccc(-c2cnc(OC3CCN(C(=O)Cc4ccc(OC(F)(F)F)cc4)CC3)c(C(N)=O)c2)cc1. The highest BCUT2D eigenvalue weighted by molar-refractivity contribution is 5.96. The van der Waals surface area contributed by atoms with Crippen molar-refractivity contribution in [1.82, 2.24) is 9.88 Å². The van der Waals surface area contributed by atoms with Crippen LogP contribution in [0.2, 0.25) is 0 Å². The Balaban J connectivity index is 1.34. The van der Waals surface area contributed by atoms with Crippen LogP contribution in [0.25, 0.3) is 11.1 Å². The van der Waals surface area contributed by atoms with E-state index in [2.05, 4.69) is 9.72 Å². The van der Waals surface area contributed by atoms with E-state index in [0.717, 1.165) is 11.1 Å². The average Bonchev–Trinajstić information content (AvgIpc) is 2.89. The molecular weight excluding hydrogens is 513 g/mol. The first-order valence-electron chi connectivity index (χ1n) is 12.4. The number of nitrogens with zero attached hydrogens (tertiary/aromatic N) is 2. The molecule has 1 aliphatic rings. The lowest BCUT2D eigenvalue weighted by molar-refractivity contribution is -0.274. The Morgan fingerprint density at radius 3 is 2.26 bits per heavy atom. The first-order valence-corrected chi connectivity index (χ1v) is 12.4. The maximum Gasteiger partial charge on any atom is 0.573 e. The van der Waals surface area contributed by atoms with Gasteiger partial charge >= 0.3 is 6.36 Å².